The van der Waals surface area contributed by atoms with E-state index in [0.29, 0.717) is 18.0 Å². The van der Waals surface area contributed by atoms with Crippen molar-refractivity contribution in [2.45, 2.75) is 30.8 Å². The first-order valence-corrected chi connectivity index (χ1v) is 5.36. The molecule has 1 aromatic rings. The minimum absolute atomic E-state index is 0.367. The summed E-state index contributed by atoms with van der Waals surface area (Å²) in [5.41, 5.74) is 9.02. The van der Waals surface area contributed by atoms with Gasteiger partial charge in [-0.15, -0.1) is 0 Å². The Morgan fingerprint density at radius 3 is 2.93 bits per heavy atom. The summed E-state index contributed by atoms with van der Waals surface area (Å²) in [7, 11) is 2.20. The van der Waals surface area contributed by atoms with E-state index in [1.165, 1.54) is 24.1 Å². The highest BCUT2D eigenvalue weighted by molar-refractivity contribution is 5.62. The highest BCUT2D eigenvalue weighted by Gasteiger charge is 2.43. The summed E-state index contributed by atoms with van der Waals surface area (Å²) in [5.74, 6) is 0.580. The van der Waals surface area contributed by atoms with Crippen LogP contribution in [0.25, 0.3) is 0 Å². The molecule has 2 N–H and O–H groups in total. The van der Waals surface area contributed by atoms with E-state index in [1.54, 1.807) is 0 Å². The van der Waals surface area contributed by atoms with Crippen molar-refractivity contribution in [1.29, 1.82) is 0 Å². The highest BCUT2D eigenvalue weighted by atomic mass is 15.2. The number of hydrogen-bond acceptors (Lipinski definition) is 2. The summed E-state index contributed by atoms with van der Waals surface area (Å²) in [5, 5.41) is 0. The lowest BCUT2D eigenvalue weighted by atomic mass is 9.94. The summed E-state index contributed by atoms with van der Waals surface area (Å²) >= 11 is 0. The second-order valence-corrected chi connectivity index (χ2v) is 4.50. The maximum Gasteiger partial charge on any atom is 0.0403 e. The number of nitrogens with zero attached hydrogens (tertiary/aromatic N) is 1. The fourth-order valence-corrected chi connectivity index (χ4v) is 3.15. The Bertz CT molecular complexity index is 361. The molecule has 1 aromatic carbocycles. The average molecular weight is 188 g/mol. The molecule has 0 radical (unpaired) electrons. The Morgan fingerprint density at radius 1 is 1.29 bits per heavy atom. The molecule has 0 bridgehead atoms. The Morgan fingerprint density at radius 2 is 2.07 bits per heavy atom. The molecular formula is C12H16N2. The van der Waals surface area contributed by atoms with Gasteiger partial charge in [-0.1, -0.05) is 18.2 Å². The Labute approximate surface area is 84.7 Å². The predicted octanol–water partition coefficient (Wildman–Crippen LogP) is 1.71. The lowest BCUT2D eigenvalue weighted by molar-refractivity contribution is 0.579. The summed E-state index contributed by atoms with van der Waals surface area (Å²) in [6, 6.07) is 9.71. The number of rotatable bonds is 0. The SMILES string of the molecule is CN1c2ccccc2C2C(N)CCC21. The van der Waals surface area contributed by atoms with Crippen LogP contribution in [0, 0.1) is 0 Å². The lowest BCUT2D eigenvalue weighted by Gasteiger charge is -2.21. The second kappa shape index (κ2) is 2.74. The monoisotopic (exact) mass is 188 g/mol. The van der Waals surface area contributed by atoms with Gasteiger partial charge < -0.3 is 10.6 Å². The molecule has 2 heteroatoms. The van der Waals surface area contributed by atoms with E-state index in [-0.39, 0.29) is 0 Å². The average Bonchev–Trinajstić information content (AvgIpc) is 2.70. The number of benzene rings is 1. The van der Waals surface area contributed by atoms with E-state index in [1.807, 2.05) is 0 Å². The van der Waals surface area contributed by atoms with Crippen LogP contribution in [0.2, 0.25) is 0 Å². The Hall–Kier alpha value is -1.02. The van der Waals surface area contributed by atoms with Gasteiger partial charge in [0.05, 0.1) is 0 Å². The molecule has 3 unspecified atom stereocenters. The van der Waals surface area contributed by atoms with Crippen molar-refractivity contribution >= 4 is 5.69 Å². The first-order chi connectivity index (χ1) is 6.79. The van der Waals surface area contributed by atoms with Gasteiger partial charge >= 0.3 is 0 Å². The first-order valence-electron chi connectivity index (χ1n) is 5.36. The van der Waals surface area contributed by atoms with Crippen LogP contribution in [0.4, 0.5) is 5.69 Å². The first kappa shape index (κ1) is 8.30. The molecule has 3 atom stereocenters. The van der Waals surface area contributed by atoms with Gasteiger partial charge in [0.1, 0.15) is 0 Å². The molecule has 1 fully saturated rings. The van der Waals surface area contributed by atoms with Gasteiger partial charge in [-0.05, 0) is 24.5 Å². The third kappa shape index (κ3) is 0.894. The fourth-order valence-electron chi connectivity index (χ4n) is 3.15. The number of nitrogens with two attached hydrogens (primary N) is 1. The third-order valence-electron chi connectivity index (χ3n) is 3.84. The molecule has 0 saturated heterocycles. The molecule has 0 aromatic heterocycles. The van der Waals surface area contributed by atoms with Gasteiger partial charge in [-0.2, -0.15) is 0 Å². The van der Waals surface area contributed by atoms with Crippen LogP contribution in [0.1, 0.15) is 24.3 Å². The normalized spacial score (nSPS) is 34.4. The summed E-state index contributed by atoms with van der Waals surface area (Å²) < 4.78 is 0. The van der Waals surface area contributed by atoms with Gasteiger partial charge in [-0.3, -0.25) is 0 Å². The van der Waals surface area contributed by atoms with E-state index in [4.69, 9.17) is 5.73 Å². The number of hydrogen-bond donors (Lipinski definition) is 1. The van der Waals surface area contributed by atoms with Crippen LogP contribution in [0.5, 0.6) is 0 Å². The van der Waals surface area contributed by atoms with Gasteiger partial charge in [0.2, 0.25) is 0 Å². The highest BCUT2D eigenvalue weighted by Crippen LogP contribution is 2.47. The van der Waals surface area contributed by atoms with Crippen LogP contribution in [0.15, 0.2) is 24.3 Å². The minimum atomic E-state index is 0.367. The van der Waals surface area contributed by atoms with Gasteiger partial charge in [0, 0.05) is 30.7 Å². The van der Waals surface area contributed by atoms with Crippen molar-refractivity contribution < 1.29 is 0 Å². The van der Waals surface area contributed by atoms with Crippen molar-refractivity contribution in [3.63, 3.8) is 0 Å². The van der Waals surface area contributed by atoms with Crippen LogP contribution >= 0.6 is 0 Å². The Kier molecular flexibility index (Phi) is 1.62. The summed E-state index contributed by atoms with van der Waals surface area (Å²) in [6.07, 6.45) is 2.42. The molecule has 1 aliphatic carbocycles. The van der Waals surface area contributed by atoms with Gasteiger partial charge in [0.25, 0.3) is 0 Å². The molecule has 2 nitrogen and oxygen atoms in total. The van der Waals surface area contributed by atoms with Crippen molar-refractivity contribution in [1.82, 2.24) is 0 Å². The second-order valence-electron chi connectivity index (χ2n) is 4.50. The summed E-state index contributed by atoms with van der Waals surface area (Å²) in [6.45, 7) is 0. The van der Waals surface area contributed by atoms with E-state index in [0.717, 1.165) is 0 Å². The Balaban J connectivity index is 2.13. The van der Waals surface area contributed by atoms with E-state index >= 15 is 0 Å². The standard InChI is InChI=1S/C12H16N2/c1-14-10-5-3-2-4-8(10)12-9(13)6-7-11(12)14/h2-5,9,11-12H,6-7,13H2,1H3. The maximum atomic E-state index is 6.17. The van der Waals surface area contributed by atoms with Crippen molar-refractivity contribution in [3.05, 3.63) is 29.8 Å². The zero-order valence-electron chi connectivity index (χ0n) is 8.48. The molecule has 2 aliphatic rings. The largest absolute Gasteiger partial charge is 0.371 e. The van der Waals surface area contributed by atoms with Crippen LogP contribution in [-0.2, 0) is 0 Å². The fraction of sp³-hybridized carbons (Fsp3) is 0.500. The molecule has 74 valence electrons. The molecule has 14 heavy (non-hydrogen) atoms. The molecule has 1 heterocycles. The molecule has 0 amide bonds. The van der Waals surface area contributed by atoms with E-state index in [2.05, 4.69) is 36.2 Å². The smallest absolute Gasteiger partial charge is 0.0403 e. The van der Waals surface area contributed by atoms with E-state index < -0.39 is 0 Å². The van der Waals surface area contributed by atoms with Crippen LogP contribution < -0.4 is 10.6 Å². The molecule has 3 rings (SSSR count). The molecule has 0 spiro atoms. The zero-order valence-corrected chi connectivity index (χ0v) is 8.48. The van der Waals surface area contributed by atoms with Crippen molar-refractivity contribution in [3.8, 4) is 0 Å². The van der Waals surface area contributed by atoms with E-state index in [9.17, 15) is 0 Å². The third-order valence-corrected chi connectivity index (χ3v) is 3.84. The topological polar surface area (TPSA) is 29.3 Å². The zero-order chi connectivity index (χ0) is 9.71. The van der Waals surface area contributed by atoms with Crippen LogP contribution in [-0.4, -0.2) is 19.1 Å². The van der Waals surface area contributed by atoms with Gasteiger partial charge in [-0.25, -0.2) is 0 Å². The van der Waals surface area contributed by atoms with Crippen molar-refractivity contribution in [2.24, 2.45) is 5.73 Å². The molecular weight excluding hydrogens is 172 g/mol. The predicted molar refractivity (Wildman–Crippen MR) is 58.6 cm³/mol. The number of likely N-dealkylation sites (N-methyl/N-ethyl adjacent to an activating group) is 1. The lowest BCUT2D eigenvalue weighted by Crippen LogP contribution is -2.31. The van der Waals surface area contributed by atoms with Crippen molar-refractivity contribution in [2.75, 3.05) is 11.9 Å². The molecule has 1 aliphatic heterocycles. The van der Waals surface area contributed by atoms with Crippen LogP contribution in [0.3, 0.4) is 0 Å². The van der Waals surface area contributed by atoms with Gasteiger partial charge in [0.15, 0.2) is 0 Å². The number of para-hydroxylation sites is 1. The summed E-state index contributed by atoms with van der Waals surface area (Å²) in [4.78, 5) is 2.41. The quantitative estimate of drug-likeness (QED) is 0.671. The number of fused-ring (bicyclic) bond motifs is 3. The number of anilines is 1. The molecule has 1 saturated carbocycles. The maximum absolute atomic E-state index is 6.17. The minimum Gasteiger partial charge on any atom is -0.371 e.